The first-order chi connectivity index (χ1) is 18.4. The van der Waals surface area contributed by atoms with Gasteiger partial charge in [-0.3, -0.25) is 0 Å². The van der Waals surface area contributed by atoms with E-state index in [-0.39, 0.29) is 0 Å². The van der Waals surface area contributed by atoms with Crippen LogP contribution in [0.1, 0.15) is 31.2 Å². The highest BCUT2D eigenvalue weighted by Gasteiger charge is 2.38. The molecule has 0 unspecified atom stereocenters. The first-order valence-electron chi connectivity index (χ1n) is 12.4. The number of hydrogen-bond acceptors (Lipinski definition) is 7. The lowest BCUT2D eigenvalue weighted by Gasteiger charge is -2.28. The summed E-state index contributed by atoms with van der Waals surface area (Å²) in [6.07, 6.45) is -0.918. The molecule has 0 aliphatic heterocycles. The lowest BCUT2D eigenvalue weighted by atomic mass is 9.82. The van der Waals surface area contributed by atoms with Crippen LogP contribution < -0.4 is 15.4 Å². The highest BCUT2D eigenvalue weighted by atomic mass is 32.2. The molecule has 13 heteroatoms. The van der Waals surface area contributed by atoms with Gasteiger partial charge in [-0.05, 0) is 68.7 Å². The second kappa shape index (κ2) is 13.1. The zero-order valence-electron chi connectivity index (χ0n) is 21.6. The zero-order valence-corrected chi connectivity index (χ0v) is 22.4. The van der Waals surface area contributed by atoms with E-state index in [1.807, 2.05) is 50.4 Å². The predicted molar refractivity (Wildman–Crippen MR) is 143 cm³/mol. The van der Waals surface area contributed by atoms with E-state index in [1.165, 1.54) is 0 Å². The molecule has 3 aromatic rings. The van der Waals surface area contributed by atoms with E-state index in [4.69, 9.17) is 9.90 Å². The fourth-order valence-electron chi connectivity index (χ4n) is 4.25. The molecule has 4 N–H and O–H groups in total. The number of aliphatic carboxylic acids is 1. The number of halogens is 3. The highest BCUT2D eigenvalue weighted by Crippen LogP contribution is 2.29. The number of rotatable bonds is 8. The third-order valence-corrected chi connectivity index (χ3v) is 7.93. The minimum absolute atomic E-state index is 0.331. The van der Waals surface area contributed by atoms with Crippen LogP contribution in [0.5, 0.6) is 0 Å². The van der Waals surface area contributed by atoms with E-state index in [2.05, 4.69) is 25.3 Å². The largest absolute Gasteiger partial charge is 0.490 e. The van der Waals surface area contributed by atoms with Crippen LogP contribution in [0.15, 0.2) is 53.4 Å². The SMILES string of the molecule is CNc1nc(NCC2CCC(CNS(=O)(=O)c3ccc(C)cc3)CC2)nc2ccccc12.O=C(O)C(F)(F)F. The zero-order chi connectivity index (χ0) is 28.6. The standard InChI is InChI=1S/C24H31N5O2S.C2HF3O2/c1-17-7-13-20(14-8-17)32(30,31)27-16-19-11-9-18(10-12-19)15-26-24-28-22-6-4-3-5-21(22)23(25-2)29-24;3-2(4,5)1(6)7/h3-8,13-14,18-19,27H,9-12,15-16H2,1-2H3,(H2,25,26,28,29);(H,6,7). The van der Waals surface area contributed by atoms with Gasteiger partial charge in [-0.2, -0.15) is 18.2 Å². The number of nitrogens with zero attached hydrogens (tertiary/aromatic N) is 2. The molecule has 4 rings (SSSR count). The molecule has 1 saturated carbocycles. The minimum atomic E-state index is -5.08. The van der Waals surface area contributed by atoms with Crippen LogP contribution in [0.3, 0.4) is 0 Å². The number of anilines is 2. The monoisotopic (exact) mass is 567 g/mol. The number of carboxylic acid groups (broad SMARTS) is 1. The van der Waals surface area contributed by atoms with Gasteiger partial charge in [0.1, 0.15) is 5.82 Å². The van der Waals surface area contributed by atoms with Gasteiger partial charge in [0.05, 0.1) is 10.4 Å². The Kier molecular flexibility index (Phi) is 10.1. The maximum absolute atomic E-state index is 12.5. The number of para-hydroxylation sites is 1. The number of hydrogen-bond donors (Lipinski definition) is 4. The molecular weight excluding hydrogens is 535 g/mol. The number of alkyl halides is 3. The fraction of sp³-hybridized carbons (Fsp3) is 0.423. The molecule has 1 heterocycles. The molecule has 1 aliphatic rings. The smallest absolute Gasteiger partial charge is 0.475 e. The van der Waals surface area contributed by atoms with Crippen LogP contribution in [0.4, 0.5) is 24.9 Å². The van der Waals surface area contributed by atoms with Crippen molar-refractivity contribution in [2.45, 2.75) is 43.7 Å². The Morgan fingerprint density at radius 1 is 0.974 bits per heavy atom. The molecule has 0 atom stereocenters. The summed E-state index contributed by atoms with van der Waals surface area (Å²) < 4.78 is 59.6. The molecule has 0 radical (unpaired) electrons. The molecule has 1 aromatic heterocycles. The maximum Gasteiger partial charge on any atom is 0.490 e. The van der Waals surface area contributed by atoms with Gasteiger partial charge >= 0.3 is 12.1 Å². The second-order valence-corrected chi connectivity index (χ2v) is 11.2. The van der Waals surface area contributed by atoms with Gasteiger partial charge in [0.2, 0.25) is 16.0 Å². The third kappa shape index (κ3) is 8.79. The number of aryl methyl sites for hydroxylation is 1. The Hall–Kier alpha value is -3.45. The number of aromatic nitrogens is 2. The highest BCUT2D eigenvalue weighted by molar-refractivity contribution is 7.89. The predicted octanol–water partition coefficient (Wildman–Crippen LogP) is 4.81. The molecule has 39 heavy (non-hydrogen) atoms. The van der Waals surface area contributed by atoms with Crippen molar-refractivity contribution in [1.29, 1.82) is 0 Å². The number of benzene rings is 2. The van der Waals surface area contributed by atoms with E-state index < -0.39 is 22.2 Å². The lowest BCUT2D eigenvalue weighted by molar-refractivity contribution is -0.192. The molecule has 0 saturated heterocycles. The molecule has 0 bridgehead atoms. The first-order valence-corrected chi connectivity index (χ1v) is 13.9. The Morgan fingerprint density at radius 3 is 2.10 bits per heavy atom. The van der Waals surface area contributed by atoms with Gasteiger partial charge in [0.15, 0.2) is 0 Å². The normalized spacial score (nSPS) is 17.7. The molecule has 2 aromatic carbocycles. The fourth-order valence-corrected chi connectivity index (χ4v) is 5.37. The lowest BCUT2D eigenvalue weighted by Crippen LogP contribution is -2.32. The number of fused-ring (bicyclic) bond motifs is 1. The van der Waals surface area contributed by atoms with Crippen molar-refractivity contribution < 1.29 is 31.5 Å². The third-order valence-electron chi connectivity index (χ3n) is 6.49. The van der Waals surface area contributed by atoms with Crippen LogP contribution >= 0.6 is 0 Å². The number of carboxylic acids is 1. The van der Waals surface area contributed by atoms with Crippen molar-refractivity contribution in [2.75, 3.05) is 30.8 Å². The van der Waals surface area contributed by atoms with Gasteiger partial charge in [0, 0.05) is 25.5 Å². The van der Waals surface area contributed by atoms with Gasteiger partial charge in [-0.1, -0.05) is 29.8 Å². The number of nitrogens with one attached hydrogen (secondary N) is 3. The molecule has 1 fully saturated rings. The maximum atomic E-state index is 12.5. The molecule has 212 valence electrons. The quantitative estimate of drug-likeness (QED) is 0.305. The van der Waals surface area contributed by atoms with Crippen LogP contribution in [-0.2, 0) is 14.8 Å². The molecule has 0 spiro atoms. The summed E-state index contributed by atoms with van der Waals surface area (Å²) in [4.78, 5) is 18.5. The summed E-state index contributed by atoms with van der Waals surface area (Å²) in [6, 6.07) is 14.9. The van der Waals surface area contributed by atoms with Gasteiger partial charge < -0.3 is 15.7 Å². The van der Waals surface area contributed by atoms with Crippen molar-refractivity contribution in [3.05, 3.63) is 54.1 Å². The van der Waals surface area contributed by atoms with Gasteiger partial charge in [0.25, 0.3) is 0 Å². The van der Waals surface area contributed by atoms with E-state index in [0.717, 1.165) is 54.5 Å². The van der Waals surface area contributed by atoms with Crippen molar-refractivity contribution in [1.82, 2.24) is 14.7 Å². The summed E-state index contributed by atoms with van der Waals surface area (Å²) in [6.45, 7) is 3.27. The van der Waals surface area contributed by atoms with Crippen molar-refractivity contribution in [3.8, 4) is 0 Å². The number of carbonyl (C=O) groups is 1. The average molecular weight is 568 g/mol. The Morgan fingerprint density at radius 2 is 1.54 bits per heavy atom. The van der Waals surface area contributed by atoms with Crippen molar-refractivity contribution in [3.63, 3.8) is 0 Å². The van der Waals surface area contributed by atoms with Gasteiger partial charge in [-0.15, -0.1) is 0 Å². The topological polar surface area (TPSA) is 133 Å². The van der Waals surface area contributed by atoms with Crippen LogP contribution in [-0.4, -0.2) is 55.8 Å². The number of sulfonamides is 1. The summed E-state index contributed by atoms with van der Waals surface area (Å²) in [5.74, 6) is -0.386. The summed E-state index contributed by atoms with van der Waals surface area (Å²) in [5, 5.41) is 14.7. The van der Waals surface area contributed by atoms with Gasteiger partial charge in [-0.25, -0.2) is 22.9 Å². The summed E-state index contributed by atoms with van der Waals surface area (Å²) in [7, 11) is -1.58. The van der Waals surface area contributed by atoms with E-state index in [0.29, 0.717) is 29.2 Å². The molecule has 1 aliphatic carbocycles. The van der Waals surface area contributed by atoms with E-state index >= 15 is 0 Å². The van der Waals surface area contributed by atoms with E-state index in [9.17, 15) is 21.6 Å². The van der Waals surface area contributed by atoms with Crippen LogP contribution in [0, 0.1) is 18.8 Å². The Balaban J connectivity index is 0.000000532. The summed E-state index contributed by atoms with van der Waals surface area (Å²) in [5.41, 5.74) is 1.96. The first kappa shape index (κ1) is 30.1. The average Bonchev–Trinajstić information content (AvgIpc) is 2.91. The van der Waals surface area contributed by atoms with Crippen molar-refractivity contribution in [2.24, 2.45) is 11.8 Å². The summed E-state index contributed by atoms with van der Waals surface area (Å²) >= 11 is 0. The minimum Gasteiger partial charge on any atom is -0.475 e. The van der Waals surface area contributed by atoms with E-state index in [1.54, 1.807) is 12.1 Å². The van der Waals surface area contributed by atoms with Crippen LogP contribution in [0.25, 0.3) is 10.9 Å². The molecular formula is C26H32F3N5O4S. The second-order valence-electron chi connectivity index (χ2n) is 9.40. The molecule has 0 amide bonds. The molecule has 9 nitrogen and oxygen atoms in total. The van der Waals surface area contributed by atoms with Crippen LogP contribution in [0.2, 0.25) is 0 Å². The Bertz CT molecular complexity index is 1360. The van der Waals surface area contributed by atoms with Crippen molar-refractivity contribution >= 4 is 38.7 Å². The Labute approximate surface area is 225 Å².